The maximum absolute atomic E-state index is 11.8. The Kier molecular flexibility index (Phi) is 6.53. The first-order valence-electron chi connectivity index (χ1n) is 6.22. The average Bonchev–Trinajstić information content (AvgIpc) is 2.87. The number of carboxylic acids is 1. The molecule has 0 aliphatic heterocycles. The molecule has 108 valence electrons. The molecule has 0 saturated carbocycles. The van der Waals surface area contributed by atoms with E-state index in [4.69, 9.17) is 11.5 Å². The van der Waals surface area contributed by atoms with Crippen LogP contribution in [-0.2, 0) is 6.42 Å². The molecule has 0 atom stereocenters. The Bertz CT molecular complexity index is 507. The number of urea groups is 1. The highest BCUT2D eigenvalue weighted by Crippen LogP contribution is 2.09. The van der Waals surface area contributed by atoms with Crippen molar-refractivity contribution in [3.05, 3.63) is 16.1 Å². The molecule has 0 aromatic carbocycles. The molecule has 1 rings (SSSR count). The van der Waals surface area contributed by atoms with Gasteiger partial charge in [-0.3, -0.25) is 0 Å². The number of nitrogens with zero attached hydrogens (tertiary/aromatic N) is 2. The monoisotopic (exact) mass is 295 g/mol. The molecule has 0 radical (unpaired) electrons. The topological polar surface area (TPSA) is 82.5 Å². The zero-order valence-electron chi connectivity index (χ0n) is 11.3. The summed E-state index contributed by atoms with van der Waals surface area (Å²) < 4.78 is 0. The fourth-order valence-electron chi connectivity index (χ4n) is 1.54. The minimum atomic E-state index is -1.04. The van der Waals surface area contributed by atoms with Gasteiger partial charge in [-0.05, 0) is 6.42 Å². The van der Waals surface area contributed by atoms with Gasteiger partial charge in [-0.25, -0.2) is 14.6 Å². The van der Waals surface area contributed by atoms with E-state index in [1.807, 2.05) is 6.92 Å². The van der Waals surface area contributed by atoms with Gasteiger partial charge in [-0.2, -0.15) is 0 Å². The van der Waals surface area contributed by atoms with Crippen molar-refractivity contribution in [3.8, 4) is 12.3 Å². The second kappa shape index (κ2) is 8.17. The number of aromatic carboxylic acids is 1. The van der Waals surface area contributed by atoms with Gasteiger partial charge in [0.15, 0.2) is 5.69 Å². The van der Waals surface area contributed by atoms with Crippen LogP contribution in [-0.4, -0.2) is 46.6 Å². The Morgan fingerprint density at radius 2 is 2.35 bits per heavy atom. The summed E-state index contributed by atoms with van der Waals surface area (Å²) >= 11 is 1.27. The molecule has 0 aliphatic carbocycles. The molecule has 0 saturated heterocycles. The summed E-state index contributed by atoms with van der Waals surface area (Å²) in [6.45, 7) is 3.26. The van der Waals surface area contributed by atoms with Crippen LogP contribution >= 0.6 is 11.3 Å². The van der Waals surface area contributed by atoms with Crippen molar-refractivity contribution in [3.63, 3.8) is 0 Å². The Morgan fingerprint density at radius 3 is 2.90 bits per heavy atom. The molecule has 20 heavy (non-hydrogen) atoms. The second-order valence-electron chi connectivity index (χ2n) is 4.04. The molecular formula is C13H17N3O3S. The Morgan fingerprint density at radius 1 is 1.60 bits per heavy atom. The first-order valence-corrected chi connectivity index (χ1v) is 7.10. The number of carboxylic acid groups (broad SMARTS) is 1. The Labute approximate surface area is 121 Å². The molecule has 0 bridgehead atoms. The zero-order valence-corrected chi connectivity index (χ0v) is 12.1. The lowest BCUT2D eigenvalue weighted by molar-refractivity contribution is 0.0691. The van der Waals surface area contributed by atoms with Gasteiger partial charge in [0.05, 0.1) is 11.6 Å². The molecule has 0 spiro atoms. The number of amides is 2. The Balaban J connectivity index is 2.40. The smallest absolute Gasteiger partial charge is 0.355 e. The van der Waals surface area contributed by atoms with Gasteiger partial charge in [0.2, 0.25) is 0 Å². The number of carbonyl (C=O) groups is 2. The molecule has 2 amide bonds. The molecular weight excluding hydrogens is 278 g/mol. The molecule has 6 nitrogen and oxygen atoms in total. The fraction of sp³-hybridized carbons (Fsp3) is 0.462. The van der Waals surface area contributed by atoms with Crippen LogP contribution in [0.25, 0.3) is 0 Å². The normalized spacial score (nSPS) is 9.80. The molecule has 0 fully saturated rings. The number of rotatable bonds is 7. The average molecular weight is 295 g/mol. The minimum Gasteiger partial charge on any atom is -0.476 e. The highest BCUT2D eigenvalue weighted by Gasteiger charge is 2.12. The number of hydrogen-bond donors (Lipinski definition) is 2. The van der Waals surface area contributed by atoms with E-state index in [0.717, 1.165) is 6.42 Å². The van der Waals surface area contributed by atoms with E-state index in [-0.39, 0.29) is 18.3 Å². The predicted molar refractivity (Wildman–Crippen MR) is 76.9 cm³/mol. The number of carbonyl (C=O) groups excluding carboxylic acids is 1. The zero-order chi connectivity index (χ0) is 15.0. The molecule has 0 aliphatic rings. The second-order valence-corrected chi connectivity index (χ2v) is 4.98. The highest BCUT2D eigenvalue weighted by atomic mass is 32.1. The van der Waals surface area contributed by atoms with Crippen LogP contribution in [0.5, 0.6) is 0 Å². The first-order chi connectivity index (χ1) is 9.58. The molecule has 0 unspecified atom stereocenters. The van der Waals surface area contributed by atoms with Crippen LogP contribution in [0, 0.1) is 12.3 Å². The SMILES string of the molecule is C#CCN(CCC)C(=O)NCCc1nc(C(=O)O)cs1. The van der Waals surface area contributed by atoms with Crippen LogP contribution in [0.15, 0.2) is 5.38 Å². The lowest BCUT2D eigenvalue weighted by atomic mass is 10.4. The van der Waals surface area contributed by atoms with Crippen LogP contribution in [0.4, 0.5) is 4.79 Å². The molecule has 1 aromatic heterocycles. The maximum Gasteiger partial charge on any atom is 0.355 e. The van der Waals surface area contributed by atoms with E-state index in [1.165, 1.54) is 16.7 Å². The summed E-state index contributed by atoms with van der Waals surface area (Å²) in [7, 11) is 0. The number of nitrogens with one attached hydrogen (secondary N) is 1. The van der Waals surface area contributed by atoms with Crippen molar-refractivity contribution in [2.75, 3.05) is 19.6 Å². The van der Waals surface area contributed by atoms with Gasteiger partial charge >= 0.3 is 12.0 Å². The third-order valence-electron chi connectivity index (χ3n) is 2.45. The van der Waals surface area contributed by atoms with E-state index >= 15 is 0 Å². The van der Waals surface area contributed by atoms with Crippen molar-refractivity contribution < 1.29 is 14.7 Å². The summed E-state index contributed by atoms with van der Waals surface area (Å²) in [4.78, 5) is 28.0. The van der Waals surface area contributed by atoms with Gasteiger partial charge in [0.25, 0.3) is 0 Å². The van der Waals surface area contributed by atoms with Gasteiger partial charge in [0.1, 0.15) is 0 Å². The van der Waals surface area contributed by atoms with E-state index in [0.29, 0.717) is 24.5 Å². The summed E-state index contributed by atoms with van der Waals surface area (Å²) in [5, 5.41) is 13.7. The van der Waals surface area contributed by atoms with E-state index in [1.54, 1.807) is 4.90 Å². The first kappa shape index (κ1) is 16.0. The number of aromatic nitrogens is 1. The molecule has 1 aromatic rings. The number of hydrogen-bond acceptors (Lipinski definition) is 4. The molecule has 7 heteroatoms. The van der Waals surface area contributed by atoms with Gasteiger partial charge in [0, 0.05) is 24.9 Å². The van der Waals surface area contributed by atoms with E-state index < -0.39 is 5.97 Å². The van der Waals surface area contributed by atoms with Crippen LogP contribution < -0.4 is 5.32 Å². The quantitative estimate of drug-likeness (QED) is 0.746. The molecule has 1 heterocycles. The summed E-state index contributed by atoms with van der Waals surface area (Å²) in [6, 6.07) is -0.209. The summed E-state index contributed by atoms with van der Waals surface area (Å²) in [6.07, 6.45) is 6.55. The van der Waals surface area contributed by atoms with Crippen molar-refractivity contribution >= 4 is 23.3 Å². The minimum absolute atomic E-state index is 0.0382. The van der Waals surface area contributed by atoms with Gasteiger partial charge < -0.3 is 15.3 Å². The standard InChI is InChI=1S/C13H17N3O3S/c1-3-7-16(8-4-2)13(19)14-6-5-11-15-10(9-20-11)12(17)18/h1,9H,4-8H2,2H3,(H,14,19)(H,17,18). The van der Waals surface area contributed by atoms with Crippen molar-refractivity contribution in [1.29, 1.82) is 0 Å². The summed E-state index contributed by atoms with van der Waals surface area (Å²) in [5.74, 6) is 1.40. The van der Waals surface area contributed by atoms with Gasteiger partial charge in [-0.1, -0.05) is 12.8 Å². The van der Waals surface area contributed by atoms with Gasteiger partial charge in [-0.15, -0.1) is 17.8 Å². The van der Waals surface area contributed by atoms with Crippen LogP contribution in [0.3, 0.4) is 0 Å². The van der Waals surface area contributed by atoms with Crippen molar-refractivity contribution in [2.24, 2.45) is 0 Å². The fourth-order valence-corrected chi connectivity index (χ4v) is 2.32. The predicted octanol–water partition coefficient (Wildman–Crippen LogP) is 1.44. The van der Waals surface area contributed by atoms with Crippen LogP contribution in [0.1, 0.15) is 28.8 Å². The lowest BCUT2D eigenvalue weighted by Crippen LogP contribution is -2.41. The third-order valence-corrected chi connectivity index (χ3v) is 3.36. The van der Waals surface area contributed by atoms with Crippen molar-refractivity contribution in [1.82, 2.24) is 15.2 Å². The number of terminal acetylenes is 1. The molecule has 2 N–H and O–H groups in total. The largest absolute Gasteiger partial charge is 0.476 e. The Hall–Kier alpha value is -2.07. The van der Waals surface area contributed by atoms with E-state index in [9.17, 15) is 9.59 Å². The third kappa shape index (κ3) is 4.90. The van der Waals surface area contributed by atoms with Crippen LogP contribution in [0.2, 0.25) is 0 Å². The maximum atomic E-state index is 11.8. The lowest BCUT2D eigenvalue weighted by Gasteiger charge is -2.19. The number of thiazole rings is 1. The van der Waals surface area contributed by atoms with Crippen molar-refractivity contribution in [2.45, 2.75) is 19.8 Å². The summed E-state index contributed by atoms with van der Waals surface area (Å²) in [5.41, 5.74) is 0.0382. The van der Waals surface area contributed by atoms with E-state index in [2.05, 4.69) is 16.2 Å². The highest BCUT2D eigenvalue weighted by molar-refractivity contribution is 7.09.